The quantitative estimate of drug-likeness (QED) is 0.788. The Bertz CT molecular complexity index is 443. The molecule has 1 unspecified atom stereocenters. The average Bonchev–Trinajstić information content (AvgIpc) is 2.30. The highest BCUT2D eigenvalue weighted by molar-refractivity contribution is 6.30. The Morgan fingerprint density at radius 3 is 2.50 bits per heavy atom. The molecule has 0 amide bonds. The number of aryl methyl sites for hydroxylation is 1. The summed E-state index contributed by atoms with van der Waals surface area (Å²) >= 11 is 6.12. The molecule has 0 radical (unpaired) electrons. The summed E-state index contributed by atoms with van der Waals surface area (Å²) in [5.41, 5.74) is 0.932. The summed E-state index contributed by atoms with van der Waals surface area (Å²) in [5.74, 6) is 1.47. The van der Waals surface area contributed by atoms with E-state index in [1.807, 2.05) is 6.92 Å². The van der Waals surface area contributed by atoms with Crippen LogP contribution in [-0.2, 0) is 6.42 Å². The topological polar surface area (TPSA) is 58.0 Å². The second-order valence-electron chi connectivity index (χ2n) is 6.45. The van der Waals surface area contributed by atoms with Crippen LogP contribution in [0.4, 0.5) is 5.82 Å². The summed E-state index contributed by atoms with van der Waals surface area (Å²) in [6.45, 7) is 10.8. The third kappa shape index (κ3) is 5.63. The van der Waals surface area contributed by atoms with E-state index >= 15 is 0 Å². The molecule has 0 aliphatic carbocycles. The van der Waals surface area contributed by atoms with E-state index in [1.165, 1.54) is 0 Å². The summed E-state index contributed by atoms with van der Waals surface area (Å²) in [5, 5.41) is 13.7. The first-order valence-corrected chi connectivity index (χ1v) is 7.55. The zero-order valence-corrected chi connectivity index (χ0v) is 13.9. The largest absolute Gasteiger partial charge is 0.391 e. The summed E-state index contributed by atoms with van der Waals surface area (Å²) in [6, 6.07) is 0. The van der Waals surface area contributed by atoms with Crippen LogP contribution in [0.25, 0.3) is 0 Å². The van der Waals surface area contributed by atoms with E-state index in [0.717, 1.165) is 36.5 Å². The third-order valence-electron chi connectivity index (χ3n) is 2.96. The van der Waals surface area contributed by atoms with E-state index in [2.05, 4.69) is 43.0 Å². The van der Waals surface area contributed by atoms with Crippen molar-refractivity contribution in [3.05, 3.63) is 16.5 Å². The van der Waals surface area contributed by atoms with Crippen molar-refractivity contribution in [2.45, 2.75) is 60.0 Å². The van der Waals surface area contributed by atoms with Crippen molar-refractivity contribution in [2.24, 2.45) is 5.41 Å². The van der Waals surface area contributed by atoms with Gasteiger partial charge in [0.15, 0.2) is 0 Å². The van der Waals surface area contributed by atoms with E-state index < -0.39 is 6.10 Å². The number of aliphatic hydroxyl groups excluding tert-OH is 1. The number of aliphatic hydroxyl groups is 1. The fourth-order valence-corrected chi connectivity index (χ4v) is 2.22. The second kappa shape index (κ2) is 7.23. The second-order valence-corrected chi connectivity index (χ2v) is 6.81. The Morgan fingerprint density at radius 2 is 1.95 bits per heavy atom. The maximum absolute atomic E-state index is 10.0. The molecular formula is C15H26ClN3O. The minimum absolute atomic E-state index is 0.104. The van der Waals surface area contributed by atoms with Crippen LogP contribution < -0.4 is 5.32 Å². The van der Waals surface area contributed by atoms with Gasteiger partial charge in [-0.3, -0.25) is 0 Å². The molecule has 5 heteroatoms. The molecule has 1 atom stereocenters. The van der Waals surface area contributed by atoms with Crippen molar-refractivity contribution in [3.8, 4) is 0 Å². The van der Waals surface area contributed by atoms with Gasteiger partial charge in [-0.15, -0.1) is 0 Å². The van der Waals surface area contributed by atoms with Crippen molar-refractivity contribution < 1.29 is 5.11 Å². The lowest BCUT2D eigenvalue weighted by Crippen LogP contribution is -2.25. The van der Waals surface area contributed by atoms with E-state index in [1.54, 1.807) is 0 Å². The van der Waals surface area contributed by atoms with Gasteiger partial charge in [0.25, 0.3) is 0 Å². The summed E-state index contributed by atoms with van der Waals surface area (Å²) < 4.78 is 0. The number of halogens is 1. The normalized spacial score (nSPS) is 13.3. The zero-order chi connectivity index (χ0) is 15.3. The van der Waals surface area contributed by atoms with Crippen LogP contribution in [0.15, 0.2) is 0 Å². The number of hydrogen-bond donors (Lipinski definition) is 2. The first kappa shape index (κ1) is 17.2. The lowest BCUT2D eigenvalue weighted by atomic mass is 9.89. The fourth-order valence-electron chi connectivity index (χ4n) is 2.03. The number of aromatic nitrogens is 2. The number of rotatable bonds is 6. The molecule has 0 aliphatic heterocycles. The molecule has 20 heavy (non-hydrogen) atoms. The first-order chi connectivity index (χ1) is 9.23. The zero-order valence-electron chi connectivity index (χ0n) is 13.1. The Kier molecular flexibility index (Phi) is 6.21. The Hall–Kier alpha value is -0.870. The Balaban J connectivity index is 2.72. The lowest BCUT2D eigenvalue weighted by Gasteiger charge is -2.23. The highest BCUT2D eigenvalue weighted by atomic mass is 35.5. The molecule has 1 heterocycles. The van der Waals surface area contributed by atoms with Gasteiger partial charge in [0.2, 0.25) is 0 Å². The Morgan fingerprint density at radius 1 is 1.30 bits per heavy atom. The van der Waals surface area contributed by atoms with Crippen LogP contribution in [0.3, 0.4) is 0 Å². The van der Waals surface area contributed by atoms with Gasteiger partial charge in [-0.1, -0.05) is 39.3 Å². The van der Waals surface area contributed by atoms with E-state index in [4.69, 9.17) is 11.6 Å². The molecule has 0 aliphatic rings. The van der Waals surface area contributed by atoms with Gasteiger partial charge < -0.3 is 10.4 Å². The minimum Gasteiger partial charge on any atom is -0.391 e. The molecule has 4 nitrogen and oxygen atoms in total. The van der Waals surface area contributed by atoms with E-state index in [-0.39, 0.29) is 5.41 Å². The molecular weight excluding hydrogens is 274 g/mol. The molecule has 0 saturated heterocycles. The lowest BCUT2D eigenvalue weighted by molar-refractivity contribution is 0.132. The smallest absolute Gasteiger partial charge is 0.137 e. The molecule has 0 spiro atoms. The first-order valence-electron chi connectivity index (χ1n) is 7.18. The molecule has 0 fully saturated rings. The van der Waals surface area contributed by atoms with E-state index in [0.29, 0.717) is 11.7 Å². The minimum atomic E-state index is -0.405. The third-order valence-corrected chi connectivity index (χ3v) is 3.33. The van der Waals surface area contributed by atoms with Crippen LogP contribution >= 0.6 is 11.6 Å². The average molecular weight is 300 g/mol. The van der Waals surface area contributed by atoms with Gasteiger partial charge in [0, 0.05) is 18.5 Å². The number of nitrogens with one attached hydrogen (secondary N) is 1. The fraction of sp³-hybridized carbons (Fsp3) is 0.733. The van der Waals surface area contributed by atoms with Crippen molar-refractivity contribution in [1.29, 1.82) is 0 Å². The van der Waals surface area contributed by atoms with Crippen molar-refractivity contribution in [3.63, 3.8) is 0 Å². The van der Waals surface area contributed by atoms with Gasteiger partial charge in [0.05, 0.1) is 6.10 Å². The van der Waals surface area contributed by atoms with Gasteiger partial charge in [-0.05, 0) is 25.2 Å². The SMILES string of the molecule is CCCc1nc(Cl)c(C)c(NCC(O)CC(C)(C)C)n1. The van der Waals surface area contributed by atoms with Crippen molar-refractivity contribution in [1.82, 2.24) is 9.97 Å². The standard InChI is InChI=1S/C15H26ClN3O/c1-6-7-12-18-13(16)10(2)14(19-12)17-9-11(20)8-15(3,4)5/h11,20H,6-9H2,1-5H3,(H,17,18,19). The van der Waals surface area contributed by atoms with Gasteiger partial charge >= 0.3 is 0 Å². The number of hydrogen-bond acceptors (Lipinski definition) is 4. The Labute approximate surface area is 127 Å². The summed E-state index contributed by atoms with van der Waals surface area (Å²) in [7, 11) is 0. The number of anilines is 1. The molecule has 1 aromatic rings. The van der Waals surface area contributed by atoms with Crippen LogP contribution in [0.1, 0.15) is 51.9 Å². The van der Waals surface area contributed by atoms with Crippen LogP contribution in [0, 0.1) is 12.3 Å². The predicted molar refractivity (Wildman–Crippen MR) is 84.3 cm³/mol. The van der Waals surface area contributed by atoms with E-state index in [9.17, 15) is 5.11 Å². The molecule has 0 saturated carbocycles. The molecule has 1 rings (SSSR count). The van der Waals surface area contributed by atoms with Crippen LogP contribution in [-0.4, -0.2) is 27.7 Å². The highest BCUT2D eigenvalue weighted by Crippen LogP contribution is 2.23. The molecule has 2 N–H and O–H groups in total. The predicted octanol–water partition coefficient (Wildman–Crippen LogP) is 3.60. The van der Waals surface area contributed by atoms with Crippen LogP contribution in [0.2, 0.25) is 5.15 Å². The molecule has 0 aromatic carbocycles. The molecule has 114 valence electrons. The van der Waals surface area contributed by atoms with Gasteiger partial charge in [-0.2, -0.15) is 0 Å². The van der Waals surface area contributed by atoms with Gasteiger partial charge in [-0.25, -0.2) is 9.97 Å². The van der Waals surface area contributed by atoms with Gasteiger partial charge in [0.1, 0.15) is 16.8 Å². The maximum Gasteiger partial charge on any atom is 0.137 e. The van der Waals surface area contributed by atoms with Crippen LogP contribution in [0.5, 0.6) is 0 Å². The van der Waals surface area contributed by atoms with Crippen molar-refractivity contribution >= 4 is 17.4 Å². The summed E-state index contributed by atoms with van der Waals surface area (Å²) in [4.78, 5) is 8.73. The number of nitrogens with zero attached hydrogens (tertiary/aromatic N) is 2. The molecule has 1 aromatic heterocycles. The van der Waals surface area contributed by atoms with Crippen molar-refractivity contribution in [2.75, 3.05) is 11.9 Å². The summed E-state index contributed by atoms with van der Waals surface area (Å²) in [6.07, 6.45) is 2.11. The maximum atomic E-state index is 10.0. The highest BCUT2D eigenvalue weighted by Gasteiger charge is 2.17. The monoisotopic (exact) mass is 299 g/mol. The molecule has 0 bridgehead atoms.